The van der Waals surface area contributed by atoms with Crippen molar-refractivity contribution in [3.63, 3.8) is 0 Å². The van der Waals surface area contributed by atoms with Crippen molar-refractivity contribution >= 4 is 22.7 Å². The number of hydrogen-bond donors (Lipinski definition) is 1. The molecular formula is C12H12N4OS2. The third-order valence-corrected chi connectivity index (χ3v) is 4.43. The van der Waals surface area contributed by atoms with E-state index in [2.05, 4.69) is 21.2 Å². The minimum Gasteiger partial charge on any atom is -0.332 e. The van der Waals surface area contributed by atoms with Gasteiger partial charge in [0.25, 0.3) is 5.89 Å². The van der Waals surface area contributed by atoms with E-state index in [0.29, 0.717) is 23.8 Å². The monoisotopic (exact) mass is 292 g/mol. The molecule has 0 aliphatic rings. The van der Waals surface area contributed by atoms with Crippen molar-refractivity contribution in [3.05, 3.63) is 38.6 Å². The molecular weight excluding hydrogens is 280 g/mol. The highest BCUT2D eigenvalue weighted by molar-refractivity contribution is 7.10. The van der Waals surface area contributed by atoms with Gasteiger partial charge in [0.05, 0.1) is 6.04 Å². The van der Waals surface area contributed by atoms with Crippen LogP contribution in [0, 0.1) is 0 Å². The molecule has 5 nitrogen and oxygen atoms in total. The molecule has 19 heavy (non-hydrogen) atoms. The molecule has 3 aromatic heterocycles. The van der Waals surface area contributed by atoms with Crippen LogP contribution in [0.5, 0.6) is 0 Å². The van der Waals surface area contributed by atoms with Gasteiger partial charge < -0.3 is 10.3 Å². The van der Waals surface area contributed by atoms with Crippen molar-refractivity contribution in [3.8, 4) is 11.6 Å². The van der Waals surface area contributed by atoms with Crippen LogP contribution >= 0.6 is 22.7 Å². The van der Waals surface area contributed by atoms with Gasteiger partial charge in [0.2, 0.25) is 0 Å². The summed E-state index contributed by atoms with van der Waals surface area (Å²) in [5.41, 5.74) is 6.48. The van der Waals surface area contributed by atoms with Gasteiger partial charge >= 0.3 is 0 Å². The van der Waals surface area contributed by atoms with E-state index in [-0.39, 0.29) is 6.04 Å². The van der Waals surface area contributed by atoms with Crippen LogP contribution in [-0.4, -0.2) is 15.1 Å². The Balaban J connectivity index is 1.80. The predicted octanol–water partition coefficient (Wildman–Crippen LogP) is 2.87. The number of aromatic nitrogens is 3. The minimum absolute atomic E-state index is 0.0766. The fraction of sp³-hybridized carbons (Fsp3) is 0.250. The molecule has 0 aliphatic carbocycles. The lowest BCUT2D eigenvalue weighted by atomic mass is 10.3. The lowest BCUT2D eigenvalue weighted by Gasteiger charge is -1.95. The molecule has 0 aromatic carbocycles. The van der Waals surface area contributed by atoms with Gasteiger partial charge in [-0.15, -0.1) is 22.7 Å². The molecule has 0 bridgehead atoms. The van der Waals surface area contributed by atoms with Gasteiger partial charge in [-0.05, 0) is 18.4 Å². The average Bonchev–Trinajstić information content (AvgIpc) is 3.09. The molecule has 0 saturated heterocycles. The Morgan fingerprint density at radius 3 is 2.95 bits per heavy atom. The average molecular weight is 292 g/mol. The second kappa shape index (κ2) is 5.20. The Kier molecular flexibility index (Phi) is 3.41. The molecule has 1 atom stereocenters. The standard InChI is InChI=1S/C12H12N4OS2/c1-7(13)12-14-9(6-19-12)11-15-10(16-17-11)5-8-3-2-4-18-8/h2-4,6-7H,5,13H2,1H3. The first-order valence-electron chi connectivity index (χ1n) is 5.78. The quantitative estimate of drug-likeness (QED) is 0.800. The molecule has 0 saturated carbocycles. The van der Waals surface area contributed by atoms with Crippen molar-refractivity contribution in [1.29, 1.82) is 0 Å². The number of thiophene rings is 1. The van der Waals surface area contributed by atoms with Crippen LogP contribution in [0.15, 0.2) is 27.4 Å². The summed E-state index contributed by atoms with van der Waals surface area (Å²) in [5, 5.41) is 8.77. The second-order valence-corrected chi connectivity index (χ2v) is 6.05. The Morgan fingerprint density at radius 2 is 2.26 bits per heavy atom. The number of hydrogen-bond acceptors (Lipinski definition) is 7. The maximum absolute atomic E-state index is 5.78. The van der Waals surface area contributed by atoms with Crippen LogP contribution in [0.25, 0.3) is 11.6 Å². The highest BCUT2D eigenvalue weighted by Gasteiger charge is 2.14. The van der Waals surface area contributed by atoms with Gasteiger partial charge in [0.1, 0.15) is 10.7 Å². The molecule has 1 unspecified atom stereocenters. The maximum atomic E-state index is 5.78. The molecule has 98 valence electrons. The van der Waals surface area contributed by atoms with E-state index in [0.717, 1.165) is 5.01 Å². The minimum atomic E-state index is -0.0766. The zero-order valence-corrected chi connectivity index (χ0v) is 11.9. The molecule has 3 rings (SSSR count). The van der Waals surface area contributed by atoms with Crippen molar-refractivity contribution in [2.24, 2.45) is 5.73 Å². The van der Waals surface area contributed by atoms with E-state index in [9.17, 15) is 0 Å². The van der Waals surface area contributed by atoms with E-state index in [1.165, 1.54) is 16.2 Å². The fourth-order valence-electron chi connectivity index (χ4n) is 1.59. The van der Waals surface area contributed by atoms with Gasteiger partial charge in [-0.3, -0.25) is 0 Å². The molecule has 2 N–H and O–H groups in total. The Hall–Kier alpha value is -1.57. The summed E-state index contributed by atoms with van der Waals surface area (Å²) in [6.07, 6.45) is 0.686. The fourth-order valence-corrected chi connectivity index (χ4v) is 3.05. The van der Waals surface area contributed by atoms with E-state index in [1.54, 1.807) is 11.3 Å². The van der Waals surface area contributed by atoms with Gasteiger partial charge in [0.15, 0.2) is 5.82 Å². The molecule has 0 spiro atoms. The van der Waals surface area contributed by atoms with Crippen LogP contribution in [0.2, 0.25) is 0 Å². The van der Waals surface area contributed by atoms with Crippen LogP contribution in [0.4, 0.5) is 0 Å². The number of thiazole rings is 1. The smallest absolute Gasteiger partial charge is 0.277 e. The summed E-state index contributed by atoms with van der Waals surface area (Å²) in [7, 11) is 0. The topological polar surface area (TPSA) is 77.8 Å². The predicted molar refractivity (Wildman–Crippen MR) is 75.1 cm³/mol. The van der Waals surface area contributed by atoms with Gasteiger partial charge in [-0.1, -0.05) is 11.2 Å². The molecule has 0 fully saturated rings. The number of nitrogens with zero attached hydrogens (tertiary/aromatic N) is 3. The summed E-state index contributed by atoms with van der Waals surface area (Å²) in [4.78, 5) is 9.96. The lowest BCUT2D eigenvalue weighted by Crippen LogP contribution is -2.03. The largest absolute Gasteiger partial charge is 0.332 e. The van der Waals surface area contributed by atoms with Crippen molar-refractivity contribution in [1.82, 2.24) is 15.1 Å². The maximum Gasteiger partial charge on any atom is 0.277 e. The zero-order valence-electron chi connectivity index (χ0n) is 10.2. The lowest BCUT2D eigenvalue weighted by molar-refractivity contribution is 0.423. The van der Waals surface area contributed by atoms with Crippen molar-refractivity contribution in [2.45, 2.75) is 19.4 Å². The summed E-state index contributed by atoms with van der Waals surface area (Å²) < 4.78 is 5.24. The molecule has 0 radical (unpaired) electrons. The normalized spacial score (nSPS) is 12.7. The van der Waals surface area contributed by atoms with E-state index in [4.69, 9.17) is 10.3 Å². The molecule has 3 heterocycles. The molecule has 7 heteroatoms. The van der Waals surface area contributed by atoms with Crippen molar-refractivity contribution in [2.75, 3.05) is 0 Å². The molecule has 0 aliphatic heterocycles. The van der Waals surface area contributed by atoms with Gasteiger partial charge in [-0.2, -0.15) is 4.98 Å². The molecule has 0 amide bonds. The van der Waals surface area contributed by atoms with Gasteiger partial charge in [0, 0.05) is 16.7 Å². The first kappa shape index (κ1) is 12.5. The highest BCUT2D eigenvalue weighted by atomic mass is 32.1. The third kappa shape index (κ3) is 2.73. The number of nitrogens with two attached hydrogens (primary N) is 1. The van der Waals surface area contributed by atoms with E-state index >= 15 is 0 Å². The first-order valence-corrected chi connectivity index (χ1v) is 7.54. The summed E-state index contributed by atoms with van der Waals surface area (Å²) in [6, 6.07) is 3.99. The van der Waals surface area contributed by atoms with Crippen LogP contribution in [-0.2, 0) is 6.42 Å². The van der Waals surface area contributed by atoms with Crippen LogP contribution in [0.1, 0.15) is 28.7 Å². The Bertz CT molecular complexity index is 657. The third-order valence-electron chi connectivity index (χ3n) is 2.51. The number of rotatable bonds is 4. The van der Waals surface area contributed by atoms with Crippen LogP contribution in [0.3, 0.4) is 0 Å². The Morgan fingerprint density at radius 1 is 1.37 bits per heavy atom. The first-order chi connectivity index (χ1) is 9.22. The van der Waals surface area contributed by atoms with Crippen LogP contribution < -0.4 is 5.73 Å². The Labute approximate surface area is 118 Å². The van der Waals surface area contributed by atoms with Gasteiger partial charge in [-0.25, -0.2) is 4.98 Å². The van der Waals surface area contributed by atoms with E-state index in [1.807, 2.05) is 23.8 Å². The van der Waals surface area contributed by atoms with Crippen molar-refractivity contribution < 1.29 is 4.52 Å². The summed E-state index contributed by atoms with van der Waals surface area (Å²) >= 11 is 3.18. The summed E-state index contributed by atoms with van der Waals surface area (Å²) in [6.45, 7) is 1.90. The highest BCUT2D eigenvalue weighted by Crippen LogP contribution is 2.23. The second-order valence-electron chi connectivity index (χ2n) is 4.13. The molecule has 3 aromatic rings. The SMILES string of the molecule is CC(N)c1nc(-c2nc(Cc3cccs3)no2)cs1. The summed E-state index contributed by atoms with van der Waals surface area (Å²) in [5.74, 6) is 1.13. The van der Waals surface area contributed by atoms with E-state index < -0.39 is 0 Å². The zero-order chi connectivity index (χ0) is 13.2.